The minimum atomic E-state index is -0.461. The van der Waals surface area contributed by atoms with Crippen LogP contribution in [0.15, 0.2) is 4.42 Å². The molecule has 1 rings (SSSR count). The van der Waals surface area contributed by atoms with Crippen molar-refractivity contribution in [1.29, 1.82) is 5.26 Å². The second kappa shape index (κ2) is 5.87. The first-order valence-electron chi connectivity index (χ1n) is 5.36. The number of carbonyl (C=O) groups excluding carboxylic acids is 2. The minimum Gasteiger partial charge on any atom is -0.469 e. The lowest BCUT2D eigenvalue weighted by Crippen LogP contribution is -2.14. The van der Waals surface area contributed by atoms with Crippen LogP contribution in [0.3, 0.4) is 0 Å². The summed E-state index contributed by atoms with van der Waals surface area (Å²) in [6.07, 6.45) is -0.0285. The van der Waals surface area contributed by atoms with E-state index in [1.54, 1.807) is 13.8 Å². The number of anilines is 1. The summed E-state index contributed by atoms with van der Waals surface area (Å²) in [6, 6.07) is 1.97. The van der Waals surface area contributed by atoms with Gasteiger partial charge in [0.1, 0.15) is 17.4 Å². The molecule has 0 saturated carbocycles. The van der Waals surface area contributed by atoms with Crippen LogP contribution in [0.5, 0.6) is 0 Å². The molecule has 1 aromatic rings. The molecule has 0 aliphatic carbocycles. The van der Waals surface area contributed by atoms with E-state index < -0.39 is 11.9 Å². The van der Waals surface area contributed by atoms with E-state index in [9.17, 15) is 9.59 Å². The first kappa shape index (κ1) is 13.8. The van der Waals surface area contributed by atoms with Crippen molar-refractivity contribution < 1.29 is 18.7 Å². The van der Waals surface area contributed by atoms with Gasteiger partial charge in [0.25, 0.3) is 0 Å². The fraction of sp³-hybridized carbons (Fsp3) is 0.417. The van der Waals surface area contributed by atoms with E-state index in [1.165, 1.54) is 7.11 Å². The highest BCUT2D eigenvalue weighted by Crippen LogP contribution is 2.25. The van der Waals surface area contributed by atoms with Crippen LogP contribution >= 0.6 is 0 Å². The van der Waals surface area contributed by atoms with Crippen molar-refractivity contribution in [2.75, 3.05) is 12.4 Å². The van der Waals surface area contributed by atoms with Crippen molar-refractivity contribution in [1.82, 2.24) is 0 Å². The molecule has 1 aromatic heterocycles. The third-order valence-electron chi connectivity index (χ3n) is 2.53. The summed E-state index contributed by atoms with van der Waals surface area (Å²) >= 11 is 0. The molecule has 1 heterocycles. The monoisotopic (exact) mass is 250 g/mol. The average molecular weight is 250 g/mol. The normalized spacial score (nSPS) is 9.67. The van der Waals surface area contributed by atoms with Gasteiger partial charge in [-0.2, -0.15) is 5.26 Å². The predicted molar refractivity (Wildman–Crippen MR) is 62.8 cm³/mol. The fourth-order valence-electron chi connectivity index (χ4n) is 1.36. The number of aryl methyl sites for hydroxylation is 1. The van der Waals surface area contributed by atoms with Crippen LogP contribution in [0, 0.1) is 25.2 Å². The van der Waals surface area contributed by atoms with Gasteiger partial charge in [-0.15, -0.1) is 0 Å². The molecule has 0 atom stereocenters. The Morgan fingerprint density at radius 1 is 1.39 bits per heavy atom. The number of nitriles is 1. The van der Waals surface area contributed by atoms with E-state index in [0.29, 0.717) is 16.9 Å². The zero-order valence-electron chi connectivity index (χ0n) is 10.5. The van der Waals surface area contributed by atoms with E-state index in [2.05, 4.69) is 10.1 Å². The summed E-state index contributed by atoms with van der Waals surface area (Å²) in [4.78, 5) is 22.4. The van der Waals surface area contributed by atoms with E-state index >= 15 is 0 Å². The number of furan rings is 1. The molecule has 0 aliphatic rings. The second-order valence-corrected chi connectivity index (χ2v) is 3.72. The number of carbonyl (C=O) groups is 2. The molecule has 0 spiro atoms. The maximum atomic E-state index is 11.5. The summed E-state index contributed by atoms with van der Waals surface area (Å²) in [7, 11) is 1.26. The van der Waals surface area contributed by atoms with E-state index in [0.717, 1.165) is 0 Å². The van der Waals surface area contributed by atoms with E-state index in [4.69, 9.17) is 9.68 Å². The zero-order valence-corrected chi connectivity index (χ0v) is 10.5. The van der Waals surface area contributed by atoms with Gasteiger partial charge < -0.3 is 9.15 Å². The summed E-state index contributed by atoms with van der Waals surface area (Å²) in [5.74, 6) is -0.153. The first-order valence-corrected chi connectivity index (χ1v) is 5.36. The summed E-state index contributed by atoms with van der Waals surface area (Å²) in [5.41, 5.74) is 1.000. The van der Waals surface area contributed by atoms with Crippen molar-refractivity contribution in [2.45, 2.75) is 26.7 Å². The number of amides is 1. The Balaban J connectivity index is 2.68. The Hall–Kier alpha value is -2.29. The van der Waals surface area contributed by atoms with Crippen LogP contribution < -0.4 is 5.32 Å². The smallest absolute Gasteiger partial charge is 0.306 e. The molecule has 96 valence electrons. The maximum Gasteiger partial charge on any atom is 0.306 e. The van der Waals surface area contributed by atoms with E-state index in [-0.39, 0.29) is 18.7 Å². The molecule has 1 N–H and O–H groups in total. The molecule has 18 heavy (non-hydrogen) atoms. The molecule has 0 unspecified atom stereocenters. The second-order valence-electron chi connectivity index (χ2n) is 3.72. The molecule has 6 nitrogen and oxygen atoms in total. The fourth-order valence-corrected chi connectivity index (χ4v) is 1.36. The number of nitrogens with one attached hydrogen (secondary N) is 1. The van der Waals surface area contributed by atoms with Gasteiger partial charge in [0.05, 0.1) is 13.5 Å². The van der Waals surface area contributed by atoms with Crippen LogP contribution in [0.25, 0.3) is 0 Å². The number of hydrogen-bond donors (Lipinski definition) is 1. The van der Waals surface area contributed by atoms with Gasteiger partial charge in [0.2, 0.25) is 11.8 Å². The number of ether oxygens (including phenoxy) is 1. The molecule has 6 heteroatoms. The van der Waals surface area contributed by atoms with Crippen molar-refractivity contribution >= 4 is 17.8 Å². The van der Waals surface area contributed by atoms with Crippen molar-refractivity contribution in [3.05, 3.63) is 16.9 Å². The molecule has 1 amide bonds. The summed E-state index contributed by atoms with van der Waals surface area (Å²) in [6.45, 7) is 3.45. The van der Waals surface area contributed by atoms with Crippen molar-refractivity contribution in [3.63, 3.8) is 0 Å². The highest BCUT2D eigenvalue weighted by atomic mass is 16.5. The number of rotatable bonds is 4. The first-order chi connectivity index (χ1) is 8.49. The van der Waals surface area contributed by atoms with Gasteiger partial charge in [0, 0.05) is 12.0 Å². The Morgan fingerprint density at radius 3 is 2.61 bits per heavy atom. The number of methoxy groups -OCH3 is 1. The molecular formula is C12H14N2O4. The SMILES string of the molecule is COC(=O)CCC(=O)Nc1oc(C)c(C)c1C#N. The Morgan fingerprint density at radius 2 is 2.06 bits per heavy atom. The van der Waals surface area contributed by atoms with Crippen molar-refractivity contribution in [2.24, 2.45) is 0 Å². The standard InChI is InChI=1S/C12H14N2O4/c1-7-8(2)18-12(9(7)6-13)14-10(15)4-5-11(16)17-3/h4-5H2,1-3H3,(H,14,15). The van der Waals surface area contributed by atoms with E-state index in [1.807, 2.05) is 6.07 Å². The lowest BCUT2D eigenvalue weighted by Gasteiger charge is -2.01. The van der Waals surface area contributed by atoms with Gasteiger partial charge in [-0.3, -0.25) is 14.9 Å². The van der Waals surface area contributed by atoms with Crippen LogP contribution in [-0.2, 0) is 14.3 Å². The van der Waals surface area contributed by atoms with Gasteiger partial charge >= 0.3 is 5.97 Å². The summed E-state index contributed by atoms with van der Waals surface area (Å²) < 4.78 is 9.69. The quantitative estimate of drug-likeness (QED) is 0.820. The number of hydrogen-bond acceptors (Lipinski definition) is 5. The van der Waals surface area contributed by atoms with Crippen LogP contribution in [0.1, 0.15) is 29.7 Å². The molecule has 0 bridgehead atoms. The Kier molecular flexibility index (Phi) is 4.49. The largest absolute Gasteiger partial charge is 0.469 e. The Bertz CT molecular complexity index is 511. The molecule has 0 radical (unpaired) electrons. The molecular weight excluding hydrogens is 236 g/mol. The minimum absolute atomic E-state index is 0.0110. The predicted octanol–water partition coefficient (Wildman–Crippen LogP) is 1.66. The maximum absolute atomic E-state index is 11.5. The van der Waals surface area contributed by atoms with Crippen molar-refractivity contribution in [3.8, 4) is 6.07 Å². The number of esters is 1. The molecule has 0 aromatic carbocycles. The zero-order chi connectivity index (χ0) is 13.7. The van der Waals surface area contributed by atoms with Crippen LogP contribution in [0.2, 0.25) is 0 Å². The number of nitrogens with zero attached hydrogens (tertiary/aromatic N) is 1. The summed E-state index contributed by atoms with van der Waals surface area (Å²) in [5, 5.41) is 11.4. The van der Waals surface area contributed by atoms with Crippen LogP contribution in [-0.4, -0.2) is 19.0 Å². The lowest BCUT2D eigenvalue weighted by atomic mass is 10.2. The molecule has 0 aliphatic heterocycles. The molecule has 0 fully saturated rings. The Labute approximate surface area is 105 Å². The average Bonchev–Trinajstić information content (AvgIpc) is 2.61. The van der Waals surface area contributed by atoms with Gasteiger partial charge in [-0.1, -0.05) is 0 Å². The van der Waals surface area contributed by atoms with Gasteiger partial charge in [0.15, 0.2) is 0 Å². The molecule has 0 saturated heterocycles. The highest BCUT2D eigenvalue weighted by molar-refractivity contribution is 5.92. The lowest BCUT2D eigenvalue weighted by molar-refractivity contribution is -0.141. The third kappa shape index (κ3) is 3.10. The van der Waals surface area contributed by atoms with Crippen LogP contribution in [0.4, 0.5) is 5.88 Å². The van der Waals surface area contributed by atoms with Gasteiger partial charge in [-0.05, 0) is 13.8 Å². The van der Waals surface area contributed by atoms with Gasteiger partial charge in [-0.25, -0.2) is 0 Å². The third-order valence-corrected chi connectivity index (χ3v) is 2.53. The highest BCUT2D eigenvalue weighted by Gasteiger charge is 2.16. The topological polar surface area (TPSA) is 92.3 Å².